The molecule has 1 heterocycles. The maximum atomic E-state index is 3.60. The summed E-state index contributed by atoms with van der Waals surface area (Å²) in [7, 11) is 0. The fourth-order valence-corrected chi connectivity index (χ4v) is 2.25. The van der Waals surface area contributed by atoms with Gasteiger partial charge in [0, 0.05) is 0 Å². The maximum Gasteiger partial charge on any atom is -0.00196 e. The van der Waals surface area contributed by atoms with Crippen molar-refractivity contribution in [2.45, 2.75) is 51.9 Å². The fraction of sp³-hybridized carbons (Fsp3) is 1.00. The Balaban J connectivity index is 1.79. The summed E-state index contributed by atoms with van der Waals surface area (Å²) in [5.41, 5.74) is 0. The van der Waals surface area contributed by atoms with E-state index in [0.29, 0.717) is 0 Å². The van der Waals surface area contributed by atoms with Crippen LogP contribution in [-0.2, 0) is 0 Å². The van der Waals surface area contributed by atoms with E-state index in [-0.39, 0.29) is 0 Å². The van der Waals surface area contributed by atoms with Crippen LogP contribution in [0.25, 0.3) is 0 Å². The van der Waals surface area contributed by atoms with E-state index in [9.17, 15) is 0 Å². The van der Waals surface area contributed by atoms with Gasteiger partial charge in [0.15, 0.2) is 0 Å². The molecule has 0 radical (unpaired) electrons. The van der Waals surface area contributed by atoms with Crippen LogP contribution in [0.3, 0.4) is 0 Å². The molecule has 2 heteroatoms. The lowest BCUT2D eigenvalue weighted by molar-refractivity contribution is 0.355. The second-order valence-electron chi connectivity index (χ2n) is 4.81. The van der Waals surface area contributed by atoms with E-state index in [1.807, 2.05) is 0 Å². The van der Waals surface area contributed by atoms with Crippen LogP contribution in [0, 0.1) is 5.92 Å². The Morgan fingerprint density at radius 2 is 1.80 bits per heavy atom. The van der Waals surface area contributed by atoms with E-state index in [1.165, 1.54) is 71.1 Å². The zero-order valence-electron chi connectivity index (χ0n) is 10.4. The molecule has 0 saturated carbocycles. The summed E-state index contributed by atoms with van der Waals surface area (Å²) in [6.45, 7) is 7.20. The van der Waals surface area contributed by atoms with E-state index >= 15 is 0 Å². The van der Waals surface area contributed by atoms with Crippen molar-refractivity contribution in [1.29, 1.82) is 0 Å². The van der Waals surface area contributed by atoms with Crippen molar-refractivity contribution in [3.05, 3.63) is 0 Å². The summed E-state index contributed by atoms with van der Waals surface area (Å²) in [5, 5.41) is 7.02. The van der Waals surface area contributed by atoms with Gasteiger partial charge >= 0.3 is 0 Å². The van der Waals surface area contributed by atoms with E-state index in [1.54, 1.807) is 0 Å². The molecule has 0 aromatic heterocycles. The molecule has 1 saturated heterocycles. The Morgan fingerprint density at radius 1 is 1.07 bits per heavy atom. The number of hydrogen-bond acceptors (Lipinski definition) is 2. The smallest absolute Gasteiger partial charge is 0.00196 e. The Hall–Kier alpha value is -0.0800. The van der Waals surface area contributed by atoms with Gasteiger partial charge in [-0.3, -0.25) is 0 Å². The molecule has 90 valence electrons. The molecule has 0 unspecified atom stereocenters. The summed E-state index contributed by atoms with van der Waals surface area (Å²) in [4.78, 5) is 0. The van der Waals surface area contributed by atoms with Crippen LogP contribution in [0.1, 0.15) is 51.9 Å². The predicted octanol–water partition coefficient (Wildman–Crippen LogP) is 2.55. The van der Waals surface area contributed by atoms with Crippen LogP contribution >= 0.6 is 0 Å². The van der Waals surface area contributed by atoms with Gasteiger partial charge in [-0.2, -0.15) is 0 Å². The van der Waals surface area contributed by atoms with Crippen molar-refractivity contribution in [3.8, 4) is 0 Å². The number of unbranched alkanes of at least 4 members (excludes halogenated alkanes) is 4. The molecule has 0 aliphatic carbocycles. The van der Waals surface area contributed by atoms with Gasteiger partial charge in [-0.15, -0.1) is 0 Å². The highest BCUT2D eigenvalue weighted by Gasteiger charge is 2.11. The molecule has 0 amide bonds. The summed E-state index contributed by atoms with van der Waals surface area (Å²) < 4.78 is 0. The largest absolute Gasteiger partial charge is 0.317 e. The third kappa shape index (κ3) is 6.91. The van der Waals surface area contributed by atoms with Crippen molar-refractivity contribution < 1.29 is 0 Å². The van der Waals surface area contributed by atoms with Gasteiger partial charge in [0.2, 0.25) is 0 Å². The predicted molar refractivity (Wildman–Crippen MR) is 67.2 cm³/mol. The summed E-state index contributed by atoms with van der Waals surface area (Å²) in [5.74, 6) is 0.932. The van der Waals surface area contributed by atoms with E-state index < -0.39 is 0 Å². The van der Waals surface area contributed by atoms with Crippen molar-refractivity contribution in [1.82, 2.24) is 10.6 Å². The molecule has 2 nitrogen and oxygen atoms in total. The topological polar surface area (TPSA) is 24.1 Å². The lowest BCUT2D eigenvalue weighted by Gasteiger charge is -2.22. The Kier molecular flexibility index (Phi) is 7.94. The molecule has 0 bridgehead atoms. The fourth-order valence-electron chi connectivity index (χ4n) is 2.25. The van der Waals surface area contributed by atoms with Crippen LogP contribution < -0.4 is 10.6 Å². The summed E-state index contributed by atoms with van der Waals surface area (Å²) >= 11 is 0. The van der Waals surface area contributed by atoms with Gasteiger partial charge in [-0.1, -0.05) is 32.6 Å². The first-order chi connectivity index (χ1) is 7.43. The molecule has 0 atom stereocenters. The van der Waals surface area contributed by atoms with Crippen LogP contribution in [-0.4, -0.2) is 26.2 Å². The molecule has 0 aromatic rings. The lowest BCUT2D eigenvalue weighted by Crippen LogP contribution is -2.33. The second-order valence-corrected chi connectivity index (χ2v) is 4.81. The molecule has 0 spiro atoms. The van der Waals surface area contributed by atoms with Crippen LogP contribution in [0.2, 0.25) is 0 Å². The van der Waals surface area contributed by atoms with Crippen LogP contribution in [0.5, 0.6) is 0 Å². The zero-order valence-corrected chi connectivity index (χ0v) is 10.4. The summed E-state index contributed by atoms with van der Waals surface area (Å²) in [6.07, 6.45) is 9.69. The highest BCUT2D eigenvalue weighted by atomic mass is 14.9. The number of piperidine rings is 1. The molecule has 1 fully saturated rings. The minimum absolute atomic E-state index is 0.932. The molecular weight excluding hydrogens is 184 g/mol. The first kappa shape index (κ1) is 13.0. The van der Waals surface area contributed by atoms with Crippen molar-refractivity contribution in [2.75, 3.05) is 26.2 Å². The third-order valence-corrected chi connectivity index (χ3v) is 3.35. The van der Waals surface area contributed by atoms with Gasteiger partial charge in [-0.25, -0.2) is 0 Å². The van der Waals surface area contributed by atoms with E-state index in [0.717, 1.165) is 5.92 Å². The minimum atomic E-state index is 0.932. The molecule has 1 aliphatic rings. The Labute approximate surface area is 95.2 Å². The van der Waals surface area contributed by atoms with Gasteiger partial charge in [-0.05, 0) is 51.4 Å². The second kappa shape index (κ2) is 9.17. The first-order valence-corrected chi connectivity index (χ1v) is 6.85. The summed E-state index contributed by atoms with van der Waals surface area (Å²) in [6, 6.07) is 0. The van der Waals surface area contributed by atoms with Gasteiger partial charge in [0.25, 0.3) is 0 Å². The Bertz CT molecular complexity index is 130. The monoisotopic (exact) mass is 212 g/mol. The number of nitrogens with one attached hydrogen (secondary N) is 2. The van der Waals surface area contributed by atoms with Crippen molar-refractivity contribution in [2.24, 2.45) is 5.92 Å². The van der Waals surface area contributed by atoms with Crippen molar-refractivity contribution in [3.63, 3.8) is 0 Å². The highest BCUT2D eigenvalue weighted by Crippen LogP contribution is 2.09. The quantitative estimate of drug-likeness (QED) is 0.604. The molecule has 1 rings (SSSR count). The number of rotatable bonds is 8. The van der Waals surface area contributed by atoms with E-state index in [2.05, 4.69) is 17.6 Å². The average Bonchev–Trinajstić information content (AvgIpc) is 2.29. The number of hydrogen-bond donors (Lipinski definition) is 2. The van der Waals surface area contributed by atoms with E-state index in [4.69, 9.17) is 0 Å². The Morgan fingerprint density at radius 3 is 2.53 bits per heavy atom. The SMILES string of the molecule is CCCCCCCNCC1CCNCC1. The molecule has 1 aliphatic heterocycles. The van der Waals surface area contributed by atoms with Gasteiger partial charge in [0.1, 0.15) is 0 Å². The molecule has 2 N–H and O–H groups in total. The van der Waals surface area contributed by atoms with Crippen LogP contribution in [0.15, 0.2) is 0 Å². The normalized spacial score (nSPS) is 18.2. The zero-order chi connectivity index (χ0) is 10.8. The molecule has 15 heavy (non-hydrogen) atoms. The maximum absolute atomic E-state index is 3.60. The minimum Gasteiger partial charge on any atom is -0.317 e. The van der Waals surface area contributed by atoms with Crippen LogP contribution in [0.4, 0.5) is 0 Å². The highest BCUT2D eigenvalue weighted by molar-refractivity contribution is 4.70. The van der Waals surface area contributed by atoms with Crippen molar-refractivity contribution >= 4 is 0 Å². The third-order valence-electron chi connectivity index (χ3n) is 3.35. The molecule has 0 aromatic carbocycles. The average molecular weight is 212 g/mol. The standard InChI is InChI=1S/C13H28N2/c1-2-3-4-5-6-9-15-12-13-7-10-14-11-8-13/h13-15H,2-12H2,1H3. The van der Waals surface area contributed by atoms with Gasteiger partial charge in [0.05, 0.1) is 0 Å². The lowest BCUT2D eigenvalue weighted by atomic mass is 9.98. The van der Waals surface area contributed by atoms with Gasteiger partial charge < -0.3 is 10.6 Å². The first-order valence-electron chi connectivity index (χ1n) is 6.85. The molecular formula is C13H28N2.